The number of halogens is 1. The minimum atomic E-state index is -0.342. The zero-order valence-corrected chi connectivity index (χ0v) is 15.5. The molecule has 0 saturated heterocycles. The zero-order chi connectivity index (χ0) is 19.8. The van der Waals surface area contributed by atoms with Gasteiger partial charge in [-0.25, -0.2) is 14.4 Å². The lowest BCUT2D eigenvalue weighted by molar-refractivity contribution is 0.0948. The Kier molecular flexibility index (Phi) is 6.51. The van der Waals surface area contributed by atoms with Crippen LogP contribution in [0.3, 0.4) is 0 Å². The Labute approximate surface area is 162 Å². The van der Waals surface area contributed by atoms with Crippen LogP contribution in [0.5, 0.6) is 5.75 Å². The van der Waals surface area contributed by atoms with Crippen molar-refractivity contribution in [3.05, 3.63) is 83.6 Å². The first-order chi connectivity index (χ1) is 13.7. The number of amides is 1. The molecule has 1 aromatic heterocycles. The lowest BCUT2D eigenvalue weighted by Crippen LogP contribution is -2.27. The summed E-state index contributed by atoms with van der Waals surface area (Å²) in [6, 6.07) is 14.2. The van der Waals surface area contributed by atoms with Crippen molar-refractivity contribution in [2.75, 3.05) is 19.0 Å². The number of aromatic nitrogens is 2. The summed E-state index contributed by atoms with van der Waals surface area (Å²) in [7, 11) is 1.63. The number of anilines is 1. The molecule has 6 nitrogen and oxygen atoms in total. The minimum Gasteiger partial charge on any atom is -0.497 e. The molecule has 0 saturated carbocycles. The van der Waals surface area contributed by atoms with Crippen molar-refractivity contribution in [3.8, 4) is 5.75 Å². The van der Waals surface area contributed by atoms with Crippen LogP contribution in [0.15, 0.2) is 60.9 Å². The Morgan fingerprint density at radius 3 is 2.54 bits per heavy atom. The summed E-state index contributed by atoms with van der Waals surface area (Å²) >= 11 is 0. The normalized spacial score (nSPS) is 10.4. The highest BCUT2D eigenvalue weighted by molar-refractivity contribution is 5.91. The molecule has 2 N–H and O–H groups in total. The van der Waals surface area contributed by atoms with Crippen LogP contribution in [0.4, 0.5) is 10.2 Å². The summed E-state index contributed by atoms with van der Waals surface area (Å²) in [5.74, 6) is 0.752. The molecule has 0 aliphatic rings. The molecule has 0 aliphatic heterocycles. The monoisotopic (exact) mass is 380 g/mol. The SMILES string of the molecule is COc1ccc(CNc2cnc(C(=O)NCCc3ccccc3F)cn2)cc1. The van der Waals surface area contributed by atoms with Gasteiger partial charge in [0.15, 0.2) is 0 Å². The highest BCUT2D eigenvalue weighted by Gasteiger charge is 2.08. The first kappa shape index (κ1) is 19.3. The number of ether oxygens (including phenoxy) is 1. The van der Waals surface area contributed by atoms with Gasteiger partial charge in [-0.1, -0.05) is 30.3 Å². The number of nitrogens with one attached hydrogen (secondary N) is 2. The molecule has 0 bridgehead atoms. The summed E-state index contributed by atoms with van der Waals surface area (Å²) in [6.07, 6.45) is 3.33. The highest BCUT2D eigenvalue weighted by Crippen LogP contribution is 2.12. The Morgan fingerprint density at radius 2 is 1.86 bits per heavy atom. The number of carbonyl (C=O) groups is 1. The number of methoxy groups -OCH3 is 1. The number of hydrogen-bond donors (Lipinski definition) is 2. The smallest absolute Gasteiger partial charge is 0.271 e. The van der Waals surface area contributed by atoms with Crippen LogP contribution in [0.1, 0.15) is 21.6 Å². The summed E-state index contributed by atoms with van der Waals surface area (Å²) in [5, 5.41) is 5.87. The molecular weight excluding hydrogens is 359 g/mol. The molecule has 3 aromatic rings. The molecule has 3 rings (SSSR count). The Balaban J connectivity index is 1.47. The van der Waals surface area contributed by atoms with Crippen molar-refractivity contribution in [1.82, 2.24) is 15.3 Å². The van der Waals surface area contributed by atoms with Crippen LogP contribution >= 0.6 is 0 Å². The number of rotatable bonds is 8. The fraction of sp³-hybridized carbons (Fsp3) is 0.190. The lowest BCUT2D eigenvalue weighted by Gasteiger charge is -2.08. The van der Waals surface area contributed by atoms with E-state index in [1.807, 2.05) is 24.3 Å². The van der Waals surface area contributed by atoms with Gasteiger partial charge in [-0.15, -0.1) is 0 Å². The molecule has 0 fully saturated rings. The Morgan fingerprint density at radius 1 is 1.07 bits per heavy atom. The van der Waals surface area contributed by atoms with Crippen molar-refractivity contribution in [2.24, 2.45) is 0 Å². The molecule has 1 heterocycles. The number of nitrogens with zero attached hydrogens (tertiary/aromatic N) is 2. The highest BCUT2D eigenvalue weighted by atomic mass is 19.1. The van der Waals surface area contributed by atoms with E-state index < -0.39 is 0 Å². The van der Waals surface area contributed by atoms with Crippen molar-refractivity contribution in [2.45, 2.75) is 13.0 Å². The molecule has 0 atom stereocenters. The fourth-order valence-electron chi connectivity index (χ4n) is 2.57. The fourth-order valence-corrected chi connectivity index (χ4v) is 2.57. The molecule has 7 heteroatoms. The largest absolute Gasteiger partial charge is 0.497 e. The summed E-state index contributed by atoms with van der Waals surface area (Å²) in [5.41, 5.74) is 1.84. The van der Waals surface area contributed by atoms with Gasteiger partial charge in [-0.05, 0) is 35.7 Å². The van der Waals surface area contributed by atoms with Gasteiger partial charge in [0.25, 0.3) is 5.91 Å². The third-order valence-electron chi connectivity index (χ3n) is 4.15. The molecule has 2 aromatic carbocycles. The van der Waals surface area contributed by atoms with Crippen LogP contribution in [-0.4, -0.2) is 29.5 Å². The predicted octanol–water partition coefficient (Wildman–Crippen LogP) is 3.21. The molecule has 0 spiro atoms. The molecule has 1 amide bonds. The summed E-state index contributed by atoms with van der Waals surface area (Å²) in [6.45, 7) is 0.895. The molecule has 0 aliphatic carbocycles. The van der Waals surface area contributed by atoms with E-state index in [2.05, 4.69) is 20.6 Å². The van der Waals surface area contributed by atoms with Gasteiger partial charge in [-0.2, -0.15) is 0 Å². The molecule has 144 valence electrons. The van der Waals surface area contributed by atoms with Crippen LogP contribution in [-0.2, 0) is 13.0 Å². The number of benzene rings is 2. The van der Waals surface area contributed by atoms with E-state index in [0.29, 0.717) is 30.9 Å². The van der Waals surface area contributed by atoms with E-state index in [-0.39, 0.29) is 17.4 Å². The van der Waals surface area contributed by atoms with Gasteiger partial charge in [0.2, 0.25) is 0 Å². The second-order valence-corrected chi connectivity index (χ2v) is 6.09. The molecular formula is C21H21FN4O2. The van der Waals surface area contributed by atoms with Gasteiger partial charge in [-0.3, -0.25) is 4.79 Å². The third kappa shape index (κ3) is 5.26. The Bertz CT molecular complexity index is 914. The lowest BCUT2D eigenvalue weighted by atomic mass is 10.1. The van der Waals surface area contributed by atoms with Crippen molar-refractivity contribution >= 4 is 11.7 Å². The van der Waals surface area contributed by atoms with Crippen LogP contribution in [0.2, 0.25) is 0 Å². The van der Waals surface area contributed by atoms with Crippen LogP contribution in [0, 0.1) is 5.82 Å². The second kappa shape index (κ2) is 9.45. The topological polar surface area (TPSA) is 76.1 Å². The van der Waals surface area contributed by atoms with E-state index in [1.165, 1.54) is 18.5 Å². The predicted molar refractivity (Wildman–Crippen MR) is 105 cm³/mol. The van der Waals surface area contributed by atoms with E-state index in [0.717, 1.165) is 11.3 Å². The zero-order valence-electron chi connectivity index (χ0n) is 15.5. The minimum absolute atomic E-state index is 0.212. The maximum Gasteiger partial charge on any atom is 0.271 e. The quantitative estimate of drug-likeness (QED) is 0.628. The van der Waals surface area contributed by atoms with E-state index >= 15 is 0 Å². The van der Waals surface area contributed by atoms with Gasteiger partial charge in [0.1, 0.15) is 23.1 Å². The van der Waals surface area contributed by atoms with Crippen LogP contribution in [0.25, 0.3) is 0 Å². The van der Waals surface area contributed by atoms with E-state index in [1.54, 1.807) is 25.3 Å². The average Bonchev–Trinajstić information content (AvgIpc) is 2.74. The summed E-state index contributed by atoms with van der Waals surface area (Å²) in [4.78, 5) is 20.5. The second-order valence-electron chi connectivity index (χ2n) is 6.09. The van der Waals surface area contributed by atoms with Gasteiger partial charge >= 0.3 is 0 Å². The van der Waals surface area contributed by atoms with Crippen molar-refractivity contribution in [3.63, 3.8) is 0 Å². The van der Waals surface area contributed by atoms with Gasteiger partial charge in [0, 0.05) is 13.1 Å². The maximum atomic E-state index is 13.6. The Hall–Kier alpha value is -3.48. The maximum absolute atomic E-state index is 13.6. The standard InChI is InChI=1S/C21H21FN4O2/c1-28-17-8-6-15(7-9-17)12-25-20-14-24-19(13-26-20)21(27)23-11-10-16-4-2-3-5-18(16)22/h2-9,13-14H,10-12H2,1H3,(H,23,27)(H,25,26). The van der Waals surface area contributed by atoms with E-state index in [9.17, 15) is 9.18 Å². The molecule has 28 heavy (non-hydrogen) atoms. The molecule has 0 unspecified atom stereocenters. The first-order valence-corrected chi connectivity index (χ1v) is 8.86. The number of hydrogen-bond acceptors (Lipinski definition) is 5. The first-order valence-electron chi connectivity index (χ1n) is 8.86. The third-order valence-corrected chi connectivity index (χ3v) is 4.15. The van der Waals surface area contributed by atoms with Crippen molar-refractivity contribution < 1.29 is 13.9 Å². The van der Waals surface area contributed by atoms with Crippen molar-refractivity contribution in [1.29, 1.82) is 0 Å². The average molecular weight is 380 g/mol. The van der Waals surface area contributed by atoms with Gasteiger partial charge in [0.05, 0.1) is 19.5 Å². The summed E-state index contributed by atoms with van der Waals surface area (Å²) < 4.78 is 18.7. The molecule has 0 radical (unpaired) electrons. The van der Waals surface area contributed by atoms with E-state index in [4.69, 9.17) is 4.74 Å². The van der Waals surface area contributed by atoms with Crippen LogP contribution < -0.4 is 15.4 Å². The van der Waals surface area contributed by atoms with Gasteiger partial charge < -0.3 is 15.4 Å². The number of carbonyl (C=O) groups excluding carboxylic acids is 1.